The summed E-state index contributed by atoms with van der Waals surface area (Å²) in [6.07, 6.45) is 2.06. The van der Waals surface area contributed by atoms with Gasteiger partial charge < -0.3 is 9.63 Å². The molecule has 0 aliphatic rings. The smallest absolute Gasteiger partial charge is 0.358 e. The number of nitrogens with zero attached hydrogens (tertiary/aromatic N) is 1. The summed E-state index contributed by atoms with van der Waals surface area (Å²) < 4.78 is 5.03. The van der Waals surface area contributed by atoms with Crippen molar-refractivity contribution in [3.05, 3.63) is 40.5 Å². The van der Waals surface area contributed by atoms with Crippen LogP contribution in [-0.4, -0.2) is 16.2 Å². The van der Waals surface area contributed by atoms with Crippen molar-refractivity contribution >= 4 is 17.6 Å². The molecular weight excluding hydrogens is 278 g/mol. The molecule has 2 aromatic rings. The van der Waals surface area contributed by atoms with Crippen molar-refractivity contribution in [1.29, 1.82) is 0 Å². The Morgan fingerprint density at radius 3 is 2.55 bits per heavy atom. The molecule has 0 bridgehead atoms. The highest BCUT2D eigenvalue weighted by atomic mass is 35.5. The lowest BCUT2D eigenvalue weighted by Crippen LogP contribution is -1.96. The first-order valence-electron chi connectivity index (χ1n) is 6.56. The van der Waals surface area contributed by atoms with Crippen molar-refractivity contribution in [2.24, 2.45) is 0 Å². The van der Waals surface area contributed by atoms with Crippen LogP contribution in [0.5, 0.6) is 0 Å². The predicted molar refractivity (Wildman–Crippen MR) is 77.2 cm³/mol. The van der Waals surface area contributed by atoms with Crippen molar-refractivity contribution < 1.29 is 14.4 Å². The van der Waals surface area contributed by atoms with Gasteiger partial charge in [0, 0.05) is 16.7 Å². The van der Waals surface area contributed by atoms with Gasteiger partial charge in [0.15, 0.2) is 11.5 Å². The minimum atomic E-state index is -1.11. The average Bonchev–Trinajstić information content (AvgIpc) is 2.91. The molecule has 1 N–H and O–H groups in total. The summed E-state index contributed by atoms with van der Waals surface area (Å²) in [5.74, 6) is -0.277. The molecule has 0 radical (unpaired) electrons. The molecule has 0 aliphatic heterocycles. The van der Waals surface area contributed by atoms with E-state index in [2.05, 4.69) is 19.0 Å². The molecule has 0 fully saturated rings. The van der Waals surface area contributed by atoms with Gasteiger partial charge in [-0.3, -0.25) is 0 Å². The SMILES string of the molecule is CCC(CC)c1ccc(-c2cc(C(=O)O)no2)cc1Cl. The standard InChI is InChI=1S/C15H16ClNO3/c1-3-9(4-2)11-6-5-10(7-12(11)16)14-8-13(15(18)19)17-20-14/h5-9H,3-4H2,1-2H3,(H,18,19). The minimum Gasteiger partial charge on any atom is -0.476 e. The summed E-state index contributed by atoms with van der Waals surface area (Å²) in [5, 5.41) is 13.0. The first-order valence-corrected chi connectivity index (χ1v) is 6.94. The number of halogens is 1. The van der Waals surface area contributed by atoms with Gasteiger partial charge in [-0.1, -0.05) is 42.7 Å². The van der Waals surface area contributed by atoms with Crippen LogP contribution in [0.1, 0.15) is 48.7 Å². The van der Waals surface area contributed by atoms with E-state index in [0.717, 1.165) is 24.0 Å². The molecule has 0 unspecified atom stereocenters. The molecule has 2 rings (SSSR count). The Labute approximate surface area is 122 Å². The maximum Gasteiger partial charge on any atom is 0.358 e. The Morgan fingerprint density at radius 1 is 1.35 bits per heavy atom. The second kappa shape index (κ2) is 6.09. The molecule has 1 aromatic heterocycles. The van der Waals surface area contributed by atoms with E-state index in [9.17, 15) is 4.79 Å². The molecular formula is C15H16ClNO3. The van der Waals surface area contributed by atoms with Crippen molar-refractivity contribution in [2.75, 3.05) is 0 Å². The van der Waals surface area contributed by atoms with E-state index < -0.39 is 5.97 Å². The maximum atomic E-state index is 10.8. The largest absolute Gasteiger partial charge is 0.476 e. The highest BCUT2D eigenvalue weighted by Gasteiger charge is 2.15. The number of carbonyl (C=O) groups is 1. The van der Waals surface area contributed by atoms with Crippen molar-refractivity contribution in [1.82, 2.24) is 5.16 Å². The summed E-state index contributed by atoms with van der Waals surface area (Å²) >= 11 is 6.32. The van der Waals surface area contributed by atoms with E-state index in [-0.39, 0.29) is 5.69 Å². The predicted octanol–water partition coefficient (Wildman–Crippen LogP) is 4.60. The van der Waals surface area contributed by atoms with Gasteiger partial charge in [0.1, 0.15) is 0 Å². The highest BCUT2D eigenvalue weighted by molar-refractivity contribution is 6.31. The number of carboxylic acid groups (broad SMARTS) is 1. The van der Waals surface area contributed by atoms with Crippen LogP contribution in [-0.2, 0) is 0 Å². The van der Waals surface area contributed by atoms with Crippen LogP contribution in [0.25, 0.3) is 11.3 Å². The molecule has 0 saturated heterocycles. The van der Waals surface area contributed by atoms with Gasteiger partial charge in [-0.15, -0.1) is 0 Å². The zero-order valence-electron chi connectivity index (χ0n) is 11.4. The first-order chi connectivity index (χ1) is 9.56. The Hall–Kier alpha value is -1.81. The molecule has 0 spiro atoms. The summed E-state index contributed by atoms with van der Waals surface area (Å²) in [6, 6.07) is 7.04. The van der Waals surface area contributed by atoms with E-state index in [1.165, 1.54) is 6.07 Å². The number of carboxylic acids is 1. The topological polar surface area (TPSA) is 63.3 Å². The normalized spacial score (nSPS) is 11.0. The third-order valence-corrected chi connectivity index (χ3v) is 3.77. The third-order valence-electron chi connectivity index (χ3n) is 3.44. The van der Waals surface area contributed by atoms with Crippen LogP contribution in [0.2, 0.25) is 5.02 Å². The van der Waals surface area contributed by atoms with E-state index in [1.807, 2.05) is 12.1 Å². The number of aromatic carboxylic acids is 1. The fourth-order valence-corrected chi connectivity index (χ4v) is 2.59. The Morgan fingerprint density at radius 2 is 2.05 bits per heavy atom. The zero-order chi connectivity index (χ0) is 14.7. The minimum absolute atomic E-state index is 0.111. The van der Waals surface area contributed by atoms with Gasteiger partial charge in [-0.2, -0.15) is 0 Å². The van der Waals surface area contributed by atoms with Crippen LogP contribution in [0.3, 0.4) is 0 Å². The van der Waals surface area contributed by atoms with Gasteiger partial charge in [-0.25, -0.2) is 4.79 Å². The summed E-state index contributed by atoms with van der Waals surface area (Å²) in [4.78, 5) is 10.8. The van der Waals surface area contributed by atoms with E-state index in [1.54, 1.807) is 6.07 Å². The molecule has 20 heavy (non-hydrogen) atoms. The average molecular weight is 294 g/mol. The molecule has 0 aliphatic carbocycles. The Bertz CT molecular complexity index is 617. The van der Waals surface area contributed by atoms with E-state index in [4.69, 9.17) is 21.2 Å². The molecule has 4 nitrogen and oxygen atoms in total. The Kier molecular flexibility index (Phi) is 4.45. The molecule has 106 valence electrons. The van der Waals surface area contributed by atoms with E-state index >= 15 is 0 Å². The number of hydrogen-bond acceptors (Lipinski definition) is 3. The summed E-state index contributed by atoms with van der Waals surface area (Å²) in [7, 11) is 0. The molecule has 5 heteroatoms. The van der Waals surface area contributed by atoms with Gasteiger partial charge in [-0.05, 0) is 30.4 Å². The Balaban J connectivity index is 2.34. The van der Waals surface area contributed by atoms with Crippen LogP contribution < -0.4 is 0 Å². The lowest BCUT2D eigenvalue weighted by atomic mass is 9.93. The lowest BCUT2D eigenvalue weighted by molar-refractivity contribution is 0.0686. The lowest BCUT2D eigenvalue weighted by Gasteiger charge is -2.15. The van der Waals surface area contributed by atoms with Gasteiger partial charge in [0.25, 0.3) is 0 Å². The fraction of sp³-hybridized carbons (Fsp3) is 0.333. The summed E-state index contributed by atoms with van der Waals surface area (Å²) in [6.45, 7) is 4.27. The van der Waals surface area contributed by atoms with Crippen LogP contribution in [0.15, 0.2) is 28.8 Å². The molecule has 0 atom stereocenters. The molecule has 0 amide bonds. The van der Waals surface area contributed by atoms with Crippen LogP contribution in [0, 0.1) is 0 Å². The number of aromatic nitrogens is 1. The van der Waals surface area contributed by atoms with Crippen molar-refractivity contribution in [3.63, 3.8) is 0 Å². The molecule has 1 aromatic carbocycles. The van der Waals surface area contributed by atoms with Gasteiger partial charge >= 0.3 is 5.97 Å². The fourth-order valence-electron chi connectivity index (χ4n) is 2.25. The number of hydrogen-bond donors (Lipinski definition) is 1. The molecule has 0 saturated carbocycles. The second-order valence-electron chi connectivity index (χ2n) is 4.63. The first kappa shape index (κ1) is 14.6. The number of rotatable bonds is 5. The summed E-state index contributed by atoms with van der Waals surface area (Å²) in [5.41, 5.74) is 1.73. The van der Waals surface area contributed by atoms with Crippen LogP contribution in [0.4, 0.5) is 0 Å². The quantitative estimate of drug-likeness (QED) is 0.875. The van der Waals surface area contributed by atoms with Gasteiger partial charge in [0.2, 0.25) is 0 Å². The molecule has 1 heterocycles. The highest BCUT2D eigenvalue weighted by Crippen LogP contribution is 2.33. The second-order valence-corrected chi connectivity index (χ2v) is 5.04. The van der Waals surface area contributed by atoms with Gasteiger partial charge in [0.05, 0.1) is 0 Å². The monoisotopic (exact) mass is 293 g/mol. The zero-order valence-corrected chi connectivity index (χ0v) is 12.1. The van der Waals surface area contributed by atoms with Crippen molar-refractivity contribution in [3.8, 4) is 11.3 Å². The van der Waals surface area contributed by atoms with Crippen molar-refractivity contribution in [2.45, 2.75) is 32.6 Å². The van der Waals surface area contributed by atoms with Crippen LogP contribution >= 0.6 is 11.6 Å². The van der Waals surface area contributed by atoms with E-state index in [0.29, 0.717) is 16.7 Å². The maximum absolute atomic E-state index is 10.8. The third kappa shape index (κ3) is 2.85. The number of benzene rings is 1.